The number of aromatic nitrogens is 3. The van der Waals surface area contributed by atoms with Crippen molar-refractivity contribution in [3.05, 3.63) is 53.8 Å². The summed E-state index contributed by atoms with van der Waals surface area (Å²) in [6.07, 6.45) is 3.21. The van der Waals surface area contributed by atoms with E-state index in [0.29, 0.717) is 10.7 Å². The highest BCUT2D eigenvalue weighted by atomic mass is 35.5. The average molecular weight is 294 g/mol. The summed E-state index contributed by atoms with van der Waals surface area (Å²) >= 11 is 5.81. The van der Waals surface area contributed by atoms with E-state index in [1.165, 1.54) is 22.7 Å². The number of rotatable bonds is 2. The summed E-state index contributed by atoms with van der Waals surface area (Å²) < 4.78 is 26.2. The third-order valence-corrected chi connectivity index (χ3v) is 4.46. The molecule has 0 atom stereocenters. The van der Waals surface area contributed by atoms with E-state index < -0.39 is 9.84 Å². The standard InChI is InChI=1S/C12H8ClN3O2S/c13-9-3-1-4-10(7-9)19(17,18)12-8-11-14-5-2-6-16(11)15-12/h1-8H. The molecular formula is C12H8ClN3O2S. The molecule has 2 heterocycles. The largest absolute Gasteiger partial charge is 0.237 e. The van der Waals surface area contributed by atoms with E-state index in [-0.39, 0.29) is 9.92 Å². The van der Waals surface area contributed by atoms with Gasteiger partial charge in [0.25, 0.3) is 0 Å². The second-order valence-electron chi connectivity index (χ2n) is 3.87. The number of hydrogen-bond donors (Lipinski definition) is 0. The maximum absolute atomic E-state index is 12.4. The Morgan fingerprint density at radius 3 is 2.74 bits per heavy atom. The van der Waals surface area contributed by atoms with E-state index >= 15 is 0 Å². The summed E-state index contributed by atoms with van der Waals surface area (Å²) in [5, 5.41) is 4.33. The summed E-state index contributed by atoms with van der Waals surface area (Å²) in [6, 6.07) is 9.19. The Bertz CT molecular complexity index is 825. The number of benzene rings is 1. The molecule has 0 aliphatic rings. The molecule has 3 rings (SSSR count). The van der Waals surface area contributed by atoms with Crippen LogP contribution in [0.15, 0.2) is 58.7 Å². The highest BCUT2D eigenvalue weighted by Gasteiger charge is 2.21. The van der Waals surface area contributed by atoms with E-state index in [4.69, 9.17) is 11.6 Å². The Morgan fingerprint density at radius 1 is 1.16 bits per heavy atom. The van der Waals surface area contributed by atoms with Crippen LogP contribution in [0, 0.1) is 0 Å². The highest BCUT2D eigenvalue weighted by Crippen LogP contribution is 2.22. The van der Waals surface area contributed by atoms with Crippen LogP contribution in [0.5, 0.6) is 0 Å². The molecule has 1 aromatic carbocycles. The molecule has 0 spiro atoms. The van der Waals surface area contributed by atoms with Gasteiger partial charge in [-0.2, -0.15) is 5.10 Å². The minimum Gasteiger partial charge on any atom is -0.237 e. The normalized spacial score (nSPS) is 11.8. The molecule has 0 aliphatic heterocycles. The Labute approximate surface area is 114 Å². The van der Waals surface area contributed by atoms with Crippen LogP contribution in [0.25, 0.3) is 5.65 Å². The number of fused-ring (bicyclic) bond motifs is 1. The molecule has 2 aromatic heterocycles. The number of sulfone groups is 1. The summed E-state index contributed by atoms with van der Waals surface area (Å²) in [5.41, 5.74) is 0.475. The van der Waals surface area contributed by atoms with E-state index in [2.05, 4.69) is 10.1 Å². The van der Waals surface area contributed by atoms with Crippen LogP contribution in [-0.4, -0.2) is 23.0 Å². The molecule has 19 heavy (non-hydrogen) atoms. The fourth-order valence-electron chi connectivity index (χ4n) is 1.69. The minimum absolute atomic E-state index is 0.0477. The lowest BCUT2D eigenvalue weighted by atomic mass is 10.4. The first-order valence-electron chi connectivity index (χ1n) is 5.38. The molecule has 5 nitrogen and oxygen atoms in total. The molecular weight excluding hydrogens is 286 g/mol. The van der Waals surface area contributed by atoms with Crippen LogP contribution < -0.4 is 0 Å². The fourth-order valence-corrected chi connectivity index (χ4v) is 3.19. The van der Waals surface area contributed by atoms with Crippen molar-refractivity contribution in [2.45, 2.75) is 9.92 Å². The smallest absolute Gasteiger partial charge is 0.225 e. The van der Waals surface area contributed by atoms with E-state index in [9.17, 15) is 8.42 Å². The number of nitrogens with zero attached hydrogens (tertiary/aromatic N) is 3. The quantitative estimate of drug-likeness (QED) is 0.727. The molecule has 0 bridgehead atoms. The van der Waals surface area contributed by atoms with E-state index in [0.717, 1.165) is 0 Å². The van der Waals surface area contributed by atoms with Crippen molar-refractivity contribution in [2.75, 3.05) is 0 Å². The van der Waals surface area contributed by atoms with Crippen molar-refractivity contribution in [1.29, 1.82) is 0 Å². The lowest BCUT2D eigenvalue weighted by molar-refractivity contribution is 0.591. The van der Waals surface area contributed by atoms with Crippen molar-refractivity contribution < 1.29 is 8.42 Å². The second-order valence-corrected chi connectivity index (χ2v) is 6.20. The second kappa shape index (κ2) is 4.32. The first kappa shape index (κ1) is 12.1. The van der Waals surface area contributed by atoms with Crippen LogP contribution in [-0.2, 0) is 9.84 Å². The van der Waals surface area contributed by atoms with Crippen molar-refractivity contribution in [3.8, 4) is 0 Å². The van der Waals surface area contributed by atoms with Gasteiger partial charge in [0, 0.05) is 23.5 Å². The van der Waals surface area contributed by atoms with Gasteiger partial charge in [-0.25, -0.2) is 17.9 Å². The molecule has 0 saturated carbocycles. The van der Waals surface area contributed by atoms with Crippen molar-refractivity contribution in [3.63, 3.8) is 0 Å². The molecule has 0 saturated heterocycles. The molecule has 7 heteroatoms. The number of halogens is 1. The molecule has 0 N–H and O–H groups in total. The monoisotopic (exact) mass is 293 g/mol. The Kier molecular flexibility index (Phi) is 2.76. The first-order valence-corrected chi connectivity index (χ1v) is 7.24. The molecule has 0 fully saturated rings. The van der Waals surface area contributed by atoms with Gasteiger partial charge in [0.1, 0.15) is 0 Å². The topological polar surface area (TPSA) is 64.3 Å². The van der Waals surface area contributed by atoms with Crippen molar-refractivity contribution >= 4 is 27.1 Å². The Morgan fingerprint density at radius 2 is 2.00 bits per heavy atom. The van der Waals surface area contributed by atoms with Crippen molar-refractivity contribution in [2.24, 2.45) is 0 Å². The molecule has 0 unspecified atom stereocenters. The molecule has 0 aliphatic carbocycles. The minimum atomic E-state index is -3.68. The molecule has 96 valence electrons. The van der Waals surface area contributed by atoms with Gasteiger partial charge < -0.3 is 0 Å². The van der Waals surface area contributed by atoms with Gasteiger partial charge in [0.05, 0.1) is 4.90 Å². The van der Waals surface area contributed by atoms with Crippen LogP contribution in [0.2, 0.25) is 5.02 Å². The molecule has 0 radical (unpaired) electrons. The van der Waals surface area contributed by atoms with Gasteiger partial charge in [0.2, 0.25) is 9.84 Å². The third-order valence-electron chi connectivity index (χ3n) is 2.60. The Balaban J connectivity index is 2.19. The van der Waals surface area contributed by atoms with Gasteiger partial charge in [-0.1, -0.05) is 17.7 Å². The van der Waals surface area contributed by atoms with Crippen LogP contribution in [0.3, 0.4) is 0 Å². The van der Waals surface area contributed by atoms with E-state index in [1.807, 2.05) is 0 Å². The number of hydrogen-bond acceptors (Lipinski definition) is 4. The third kappa shape index (κ3) is 2.09. The maximum atomic E-state index is 12.4. The highest BCUT2D eigenvalue weighted by molar-refractivity contribution is 7.91. The summed E-state index contributed by atoms with van der Waals surface area (Å²) in [4.78, 5) is 4.15. The molecule has 0 amide bonds. The summed E-state index contributed by atoms with van der Waals surface area (Å²) in [6.45, 7) is 0. The van der Waals surface area contributed by atoms with Gasteiger partial charge in [0.15, 0.2) is 10.7 Å². The van der Waals surface area contributed by atoms with Crippen molar-refractivity contribution in [1.82, 2.24) is 14.6 Å². The Hall–Kier alpha value is -1.92. The van der Waals surface area contributed by atoms with Crippen LogP contribution in [0.1, 0.15) is 0 Å². The lowest BCUT2D eigenvalue weighted by Crippen LogP contribution is -2.03. The predicted molar refractivity (Wildman–Crippen MR) is 69.9 cm³/mol. The zero-order chi connectivity index (χ0) is 13.5. The fraction of sp³-hybridized carbons (Fsp3) is 0. The maximum Gasteiger partial charge on any atom is 0.225 e. The van der Waals surface area contributed by atoms with E-state index in [1.54, 1.807) is 30.6 Å². The zero-order valence-corrected chi connectivity index (χ0v) is 11.1. The first-order chi connectivity index (χ1) is 9.07. The van der Waals surface area contributed by atoms with Crippen LogP contribution >= 0.6 is 11.6 Å². The summed E-state index contributed by atoms with van der Waals surface area (Å²) in [7, 11) is -3.68. The average Bonchev–Trinajstić information content (AvgIpc) is 2.83. The predicted octanol–water partition coefficient (Wildman–Crippen LogP) is 2.22. The molecule has 3 aromatic rings. The van der Waals surface area contributed by atoms with Gasteiger partial charge in [-0.05, 0) is 24.3 Å². The van der Waals surface area contributed by atoms with Gasteiger partial charge in [-0.15, -0.1) is 0 Å². The van der Waals surface area contributed by atoms with Gasteiger partial charge in [-0.3, -0.25) is 0 Å². The van der Waals surface area contributed by atoms with Crippen LogP contribution in [0.4, 0.5) is 0 Å². The lowest BCUT2D eigenvalue weighted by Gasteiger charge is -2.00. The zero-order valence-electron chi connectivity index (χ0n) is 9.56. The summed E-state index contributed by atoms with van der Waals surface area (Å²) in [5.74, 6) is 0. The van der Waals surface area contributed by atoms with Gasteiger partial charge >= 0.3 is 0 Å². The SMILES string of the molecule is O=S(=O)(c1cccc(Cl)c1)c1cc2ncccn2n1.